The Bertz CT molecular complexity index is 1010. The van der Waals surface area contributed by atoms with Crippen LogP contribution in [0.3, 0.4) is 0 Å². The molecular formula is C19H15N5O. The third kappa shape index (κ3) is 3.10. The number of carbonyl (C=O) groups is 1. The lowest BCUT2D eigenvalue weighted by Gasteiger charge is -2.07. The molecule has 0 radical (unpaired) electrons. The Hall–Kier alpha value is -3.54. The molecule has 25 heavy (non-hydrogen) atoms. The van der Waals surface area contributed by atoms with E-state index in [1.807, 2.05) is 41.0 Å². The predicted molar refractivity (Wildman–Crippen MR) is 94.3 cm³/mol. The zero-order chi connectivity index (χ0) is 17.1. The van der Waals surface area contributed by atoms with Gasteiger partial charge in [-0.25, -0.2) is 9.97 Å². The first-order valence-electron chi connectivity index (χ1n) is 7.88. The maximum absolute atomic E-state index is 12.0. The van der Waals surface area contributed by atoms with Gasteiger partial charge in [-0.3, -0.25) is 14.3 Å². The van der Waals surface area contributed by atoms with E-state index in [9.17, 15) is 4.79 Å². The van der Waals surface area contributed by atoms with E-state index in [1.54, 1.807) is 36.9 Å². The minimum atomic E-state index is -0.203. The van der Waals surface area contributed by atoms with Gasteiger partial charge >= 0.3 is 0 Å². The van der Waals surface area contributed by atoms with Crippen LogP contribution in [0.1, 0.15) is 16.1 Å². The molecule has 0 spiro atoms. The number of rotatable bonds is 4. The summed E-state index contributed by atoms with van der Waals surface area (Å²) < 4.78 is 1.94. The fourth-order valence-corrected chi connectivity index (χ4v) is 2.58. The number of aromatic nitrogens is 4. The van der Waals surface area contributed by atoms with Crippen LogP contribution >= 0.6 is 0 Å². The van der Waals surface area contributed by atoms with E-state index in [1.165, 1.54) is 0 Å². The fourth-order valence-electron chi connectivity index (χ4n) is 2.58. The normalized spacial score (nSPS) is 10.7. The molecule has 0 aliphatic carbocycles. The van der Waals surface area contributed by atoms with Crippen LogP contribution in [0, 0.1) is 0 Å². The van der Waals surface area contributed by atoms with Gasteiger partial charge in [0.25, 0.3) is 5.91 Å². The van der Waals surface area contributed by atoms with Gasteiger partial charge in [0.1, 0.15) is 17.8 Å². The van der Waals surface area contributed by atoms with Gasteiger partial charge in [0.05, 0.1) is 11.0 Å². The van der Waals surface area contributed by atoms with Gasteiger partial charge in [0.2, 0.25) is 0 Å². The topological polar surface area (TPSA) is 72.7 Å². The van der Waals surface area contributed by atoms with E-state index in [-0.39, 0.29) is 5.91 Å². The molecule has 1 amide bonds. The quantitative estimate of drug-likeness (QED) is 0.625. The van der Waals surface area contributed by atoms with E-state index >= 15 is 0 Å². The van der Waals surface area contributed by atoms with Gasteiger partial charge < -0.3 is 5.32 Å². The summed E-state index contributed by atoms with van der Waals surface area (Å²) >= 11 is 0. The molecule has 4 aromatic rings. The Kier molecular flexibility index (Phi) is 3.92. The van der Waals surface area contributed by atoms with Crippen LogP contribution in [0.2, 0.25) is 0 Å². The smallest absolute Gasteiger partial charge is 0.270 e. The molecule has 6 heteroatoms. The second-order valence-electron chi connectivity index (χ2n) is 5.53. The van der Waals surface area contributed by atoms with Crippen molar-refractivity contribution >= 4 is 16.9 Å². The number of benzene rings is 1. The first-order chi connectivity index (χ1) is 12.3. The van der Waals surface area contributed by atoms with Crippen molar-refractivity contribution in [3.8, 4) is 5.82 Å². The number of carbonyl (C=O) groups excluding carboxylic acids is 1. The molecule has 0 saturated carbocycles. The number of amides is 1. The fraction of sp³-hybridized carbons (Fsp3) is 0.0526. The summed E-state index contributed by atoms with van der Waals surface area (Å²) in [6.07, 6.45) is 5.11. The summed E-state index contributed by atoms with van der Waals surface area (Å²) in [6, 6.07) is 17.0. The minimum absolute atomic E-state index is 0.203. The summed E-state index contributed by atoms with van der Waals surface area (Å²) in [6.45, 7) is 0.396. The largest absolute Gasteiger partial charge is 0.347 e. The van der Waals surface area contributed by atoms with Crippen molar-refractivity contribution < 1.29 is 4.79 Å². The van der Waals surface area contributed by atoms with Gasteiger partial charge in [0, 0.05) is 18.9 Å². The van der Waals surface area contributed by atoms with Crippen molar-refractivity contribution in [3.63, 3.8) is 0 Å². The van der Waals surface area contributed by atoms with Gasteiger partial charge in [0.15, 0.2) is 0 Å². The van der Waals surface area contributed by atoms with Crippen molar-refractivity contribution in [2.24, 2.45) is 0 Å². The van der Waals surface area contributed by atoms with Crippen LogP contribution in [-0.4, -0.2) is 25.4 Å². The van der Waals surface area contributed by atoms with Crippen LogP contribution in [0.15, 0.2) is 73.3 Å². The first-order valence-corrected chi connectivity index (χ1v) is 7.88. The number of fused-ring (bicyclic) bond motifs is 1. The Morgan fingerprint density at radius 2 is 1.84 bits per heavy atom. The maximum atomic E-state index is 12.0. The third-order valence-corrected chi connectivity index (χ3v) is 3.86. The van der Waals surface area contributed by atoms with Crippen molar-refractivity contribution in [2.45, 2.75) is 6.54 Å². The zero-order valence-corrected chi connectivity index (χ0v) is 13.3. The number of imidazole rings is 1. The summed E-state index contributed by atoms with van der Waals surface area (Å²) in [5.74, 6) is 0.582. The molecule has 1 N–H and O–H groups in total. The van der Waals surface area contributed by atoms with Gasteiger partial charge in [-0.1, -0.05) is 24.3 Å². The SMILES string of the molecule is O=C(NCc1ccc(-n2cnc3ccccc32)nc1)c1ccccn1. The lowest BCUT2D eigenvalue weighted by atomic mass is 10.2. The maximum Gasteiger partial charge on any atom is 0.270 e. The van der Waals surface area contributed by atoms with Crippen LogP contribution in [0.25, 0.3) is 16.9 Å². The monoisotopic (exact) mass is 329 g/mol. The van der Waals surface area contributed by atoms with E-state index in [2.05, 4.69) is 20.3 Å². The molecule has 0 aliphatic heterocycles. The molecule has 0 unspecified atom stereocenters. The number of hydrogen-bond donors (Lipinski definition) is 1. The van der Waals surface area contributed by atoms with Crippen molar-refractivity contribution in [1.82, 2.24) is 24.8 Å². The molecule has 6 nitrogen and oxygen atoms in total. The molecule has 122 valence electrons. The van der Waals surface area contributed by atoms with Gasteiger partial charge in [-0.05, 0) is 35.9 Å². The van der Waals surface area contributed by atoms with E-state index in [0.717, 1.165) is 22.4 Å². The van der Waals surface area contributed by atoms with E-state index in [0.29, 0.717) is 12.2 Å². The second kappa shape index (κ2) is 6.52. The lowest BCUT2D eigenvalue weighted by Crippen LogP contribution is -2.23. The molecule has 0 atom stereocenters. The summed E-state index contributed by atoms with van der Waals surface area (Å²) in [7, 11) is 0. The second-order valence-corrected chi connectivity index (χ2v) is 5.53. The van der Waals surface area contributed by atoms with Crippen molar-refractivity contribution in [2.75, 3.05) is 0 Å². The summed E-state index contributed by atoms with van der Waals surface area (Å²) in [5, 5.41) is 2.84. The molecule has 4 rings (SSSR count). The van der Waals surface area contributed by atoms with Crippen molar-refractivity contribution in [1.29, 1.82) is 0 Å². The molecular weight excluding hydrogens is 314 g/mol. The Balaban J connectivity index is 1.48. The highest BCUT2D eigenvalue weighted by Gasteiger charge is 2.07. The zero-order valence-electron chi connectivity index (χ0n) is 13.3. The highest BCUT2D eigenvalue weighted by atomic mass is 16.1. The van der Waals surface area contributed by atoms with Crippen molar-refractivity contribution in [3.05, 3.63) is 84.6 Å². The molecule has 0 bridgehead atoms. The van der Waals surface area contributed by atoms with Crippen LogP contribution in [-0.2, 0) is 6.54 Å². The standard InChI is InChI=1S/C19H15N5O/c25-19(16-6-3-4-10-20-16)22-12-14-8-9-18(21-11-14)24-13-23-15-5-1-2-7-17(15)24/h1-11,13H,12H2,(H,22,25). The number of para-hydroxylation sites is 2. The average Bonchev–Trinajstić information content (AvgIpc) is 3.11. The third-order valence-electron chi connectivity index (χ3n) is 3.86. The van der Waals surface area contributed by atoms with E-state index < -0.39 is 0 Å². The number of nitrogens with one attached hydrogen (secondary N) is 1. The number of hydrogen-bond acceptors (Lipinski definition) is 4. The highest BCUT2D eigenvalue weighted by molar-refractivity contribution is 5.92. The summed E-state index contributed by atoms with van der Waals surface area (Å²) in [4.78, 5) is 24.9. The van der Waals surface area contributed by atoms with Gasteiger partial charge in [-0.2, -0.15) is 0 Å². The Labute approximate surface area is 144 Å². The number of nitrogens with zero attached hydrogens (tertiary/aromatic N) is 4. The van der Waals surface area contributed by atoms with Crippen LogP contribution in [0.4, 0.5) is 0 Å². The van der Waals surface area contributed by atoms with E-state index in [4.69, 9.17) is 0 Å². The van der Waals surface area contributed by atoms with Crippen LogP contribution in [0.5, 0.6) is 0 Å². The molecule has 0 aliphatic rings. The van der Waals surface area contributed by atoms with Gasteiger partial charge in [-0.15, -0.1) is 0 Å². The molecule has 1 aromatic carbocycles. The average molecular weight is 329 g/mol. The first kappa shape index (κ1) is 15.0. The molecule has 3 aromatic heterocycles. The minimum Gasteiger partial charge on any atom is -0.347 e. The highest BCUT2D eigenvalue weighted by Crippen LogP contribution is 2.16. The number of pyridine rings is 2. The molecule has 0 fully saturated rings. The Morgan fingerprint density at radius 1 is 0.960 bits per heavy atom. The van der Waals surface area contributed by atoms with Crippen LogP contribution < -0.4 is 5.32 Å². The Morgan fingerprint density at radius 3 is 2.64 bits per heavy atom. The molecule has 0 saturated heterocycles. The summed E-state index contributed by atoms with van der Waals surface area (Å²) in [5.41, 5.74) is 3.25. The predicted octanol–water partition coefficient (Wildman–Crippen LogP) is 2.75. The molecule has 3 heterocycles. The lowest BCUT2D eigenvalue weighted by molar-refractivity contribution is 0.0946.